The molecular weight excluding hydrogens is 172 g/mol. The number of rotatable bonds is 3. The summed E-state index contributed by atoms with van der Waals surface area (Å²) in [5, 5.41) is 3.81. The number of aromatic nitrogens is 2. The molecule has 0 amide bonds. The SMILES string of the molecule is COC(=O)CC(=O)c1ccnn1C. The van der Waals surface area contributed by atoms with Crippen molar-refractivity contribution >= 4 is 11.8 Å². The molecular formula is C8H10N2O3. The minimum absolute atomic E-state index is 0.240. The summed E-state index contributed by atoms with van der Waals surface area (Å²) < 4.78 is 5.79. The first kappa shape index (κ1) is 9.44. The topological polar surface area (TPSA) is 61.2 Å². The molecule has 5 heteroatoms. The van der Waals surface area contributed by atoms with Gasteiger partial charge in [0.15, 0.2) is 5.78 Å². The largest absolute Gasteiger partial charge is 0.469 e. The second-order valence-corrected chi connectivity index (χ2v) is 2.52. The first-order chi connectivity index (χ1) is 6.15. The van der Waals surface area contributed by atoms with Gasteiger partial charge in [-0.1, -0.05) is 0 Å². The summed E-state index contributed by atoms with van der Waals surface area (Å²) in [5.74, 6) is -0.821. The van der Waals surface area contributed by atoms with Crippen molar-refractivity contribution in [3.05, 3.63) is 18.0 Å². The molecule has 5 nitrogen and oxygen atoms in total. The van der Waals surface area contributed by atoms with Crippen LogP contribution in [0.15, 0.2) is 12.3 Å². The van der Waals surface area contributed by atoms with Crippen LogP contribution < -0.4 is 0 Å². The molecule has 0 N–H and O–H groups in total. The third-order valence-corrected chi connectivity index (χ3v) is 1.64. The maximum Gasteiger partial charge on any atom is 0.313 e. The van der Waals surface area contributed by atoms with E-state index in [1.165, 1.54) is 18.0 Å². The summed E-state index contributed by atoms with van der Waals surface area (Å²) in [5.41, 5.74) is 0.408. The van der Waals surface area contributed by atoms with Crippen LogP contribution in [0, 0.1) is 0 Å². The Morgan fingerprint density at radius 2 is 2.31 bits per heavy atom. The zero-order valence-electron chi connectivity index (χ0n) is 7.48. The maximum atomic E-state index is 11.3. The van der Waals surface area contributed by atoms with E-state index in [4.69, 9.17) is 0 Å². The Kier molecular flexibility index (Phi) is 2.79. The second kappa shape index (κ2) is 3.84. The van der Waals surface area contributed by atoms with Gasteiger partial charge in [-0.3, -0.25) is 14.3 Å². The Hall–Kier alpha value is -1.65. The van der Waals surface area contributed by atoms with Gasteiger partial charge in [-0.15, -0.1) is 0 Å². The van der Waals surface area contributed by atoms with Crippen LogP contribution in [0.4, 0.5) is 0 Å². The summed E-state index contributed by atoms with van der Waals surface area (Å²) in [6, 6.07) is 1.56. The molecule has 13 heavy (non-hydrogen) atoms. The molecule has 1 aromatic rings. The Morgan fingerprint density at radius 1 is 1.62 bits per heavy atom. The monoisotopic (exact) mass is 182 g/mol. The number of ketones is 1. The van der Waals surface area contributed by atoms with E-state index in [1.807, 2.05) is 0 Å². The molecule has 0 radical (unpaired) electrons. The lowest BCUT2D eigenvalue weighted by atomic mass is 10.2. The molecule has 1 rings (SSSR count). The third-order valence-electron chi connectivity index (χ3n) is 1.64. The van der Waals surface area contributed by atoms with Crippen LogP contribution in [0.3, 0.4) is 0 Å². The van der Waals surface area contributed by atoms with Crippen LogP contribution in [0.25, 0.3) is 0 Å². The third kappa shape index (κ3) is 2.14. The van der Waals surface area contributed by atoms with E-state index in [-0.39, 0.29) is 12.2 Å². The van der Waals surface area contributed by atoms with Gasteiger partial charge >= 0.3 is 5.97 Å². The Labute approximate surface area is 75.3 Å². The number of hydrogen-bond donors (Lipinski definition) is 0. The van der Waals surface area contributed by atoms with E-state index >= 15 is 0 Å². The highest BCUT2D eigenvalue weighted by Crippen LogP contribution is 2.01. The molecule has 0 atom stereocenters. The van der Waals surface area contributed by atoms with Crippen molar-refractivity contribution in [2.45, 2.75) is 6.42 Å². The van der Waals surface area contributed by atoms with Crippen molar-refractivity contribution in [1.82, 2.24) is 9.78 Å². The molecule has 0 aromatic carbocycles. The predicted molar refractivity (Wildman–Crippen MR) is 44.2 cm³/mol. The number of carbonyl (C=O) groups is 2. The van der Waals surface area contributed by atoms with E-state index in [2.05, 4.69) is 9.84 Å². The number of hydrogen-bond acceptors (Lipinski definition) is 4. The van der Waals surface area contributed by atoms with Crippen LogP contribution in [-0.4, -0.2) is 28.6 Å². The maximum absolute atomic E-state index is 11.3. The summed E-state index contributed by atoms with van der Waals surface area (Å²) in [7, 11) is 2.89. The second-order valence-electron chi connectivity index (χ2n) is 2.52. The lowest BCUT2D eigenvalue weighted by molar-refractivity contribution is -0.139. The fraction of sp³-hybridized carbons (Fsp3) is 0.375. The van der Waals surface area contributed by atoms with Crippen LogP contribution >= 0.6 is 0 Å². The zero-order valence-corrected chi connectivity index (χ0v) is 7.48. The Bertz CT molecular complexity index is 330. The average Bonchev–Trinajstić information content (AvgIpc) is 2.51. The smallest absolute Gasteiger partial charge is 0.313 e. The van der Waals surface area contributed by atoms with Crippen LogP contribution in [0.1, 0.15) is 16.9 Å². The van der Waals surface area contributed by atoms with Crippen molar-refractivity contribution in [3.8, 4) is 0 Å². The lowest BCUT2D eigenvalue weighted by Gasteiger charge is -1.99. The van der Waals surface area contributed by atoms with Gasteiger partial charge in [-0.2, -0.15) is 5.10 Å². The quantitative estimate of drug-likeness (QED) is 0.379. The highest BCUT2D eigenvalue weighted by Gasteiger charge is 2.14. The van der Waals surface area contributed by atoms with E-state index in [9.17, 15) is 9.59 Å². The minimum Gasteiger partial charge on any atom is -0.469 e. The number of ether oxygens (including phenoxy) is 1. The zero-order chi connectivity index (χ0) is 9.84. The van der Waals surface area contributed by atoms with Gasteiger partial charge in [0.1, 0.15) is 12.1 Å². The van der Waals surface area contributed by atoms with Crippen molar-refractivity contribution in [2.75, 3.05) is 7.11 Å². The standard InChI is InChI=1S/C8H10N2O3/c1-10-6(3-4-9-10)7(11)5-8(12)13-2/h3-4H,5H2,1-2H3. The van der Waals surface area contributed by atoms with Gasteiger partial charge in [0, 0.05) is 13.2 Å². The van der Waals surface area contributed by atoms with Gasteiger partial charge in [0.05, 0.1) is 7.11 Å². The number of nitrogens with zero attached hydrogens (tertiary/aromatic N) is 2. The predicted octanol–water partition coefficient (Wildman–Crippen LogP) is 0.166. The average molecular weight is 182 g/mol. The fourth-order valence-corrected chi connectivity index (χ4v) is 0.941. The Morgan fingerprint density at radius 3 is 2.77 bits per heavy atom. The summed E-state index contributed by atoms with van der Waals surface area (Å²) in [4.78, 5) is 22.1. The number of aryl methyl sites for hydroxylation is 1. The van der Waals surface area contributed by atoms with Gasteiger partial charge < -0.3 is 4.74 Å². The molecule has 0 bridgehead atoms. The van der Waals surface area contributed by atoms with Gasteiger partial charge in [0.2, 0.25) is 0 Å². The highest BCUT2D eigenvalue weighted by molar-refractivity contribution is 6.04. The van der Waals surface area contributed by atoms with Crippen molar-refractivity contribution in [2.24, 2.45) is 7.05 Å². The van der Waals surface area contributed by atoms with E-state index in [0.29, 0.717) is 5.69 Å². The number of esters is 1. The molecule has 0 aliphatic rings. The highest BCUT2D eigenvalue weighted by atomic mass is 16.5. The number of carbonyl (C=O) groups excluding carboxylic acids is 2. The van der Waals surface area contributed by atoms with Crippen LogP contribution in [-0.2, 0) is 16.6 Å². The fourth-order valence-electron chi connectivity index (χ4n) is 0.941. The lowest BCUT2D eigenvalue weighted by Crippen LogP contribution is -2.13. The van der Waals surface area contributed by atoms with Gasteiger partial charge in [-0.25, -0.2) is 0 Å². The summed E-state index contributed by atoms with van der Waals surface area (Å²) in [6.07, 6.45) is 1.26. The first-order valence-electron chi connectivity index (χ1n) is 3.73. The molecule has 0 spiro atoms. The van der Waals surface area contributed by atoms with E-state index in [1.54, 1.807) is 13.1 Å². The van der Waals surface area contributed by atoms with Crippen LogP contribution in [0.2, 0.25) is 0 Å². The molecule has 1 aromatic heterocycles. The van der Waals surface area contributed by atoms with Gasteiger partial charge in [-0.05, 0) is 6.07 Å². The van der Waals surface area contributed by atoms with Crippen molar-refractivity contribution in [1.29, 1.82) is 0 Å². The summed E-state index contributed by atoms with van der Waals surface area (Å²) in [6.45, 7) is 0. The van der Waals surface area contributed by atoms with Crippen LogP contribution in [0.5, 0.6) is 0 Å². The molecule has 0 saturated carbocycles. The van der Waals surface area contributed by atoms with E-state index in [0.717, 1.165) is 0 Å². The van der Waals surface area contributed by atoms with Crippen molar-refractivity contribution in [3.63, 3.8) is 0 Å². The minimum atomic E-state index is -0.536. The molecule has 0 aliphatic carbocycles. The number of Topliss-reactive ketones (excluding diaryl/α,β-unsaturated/α-hetero) is 1. The summed E-state index contributed by atoms with van der Waals surface area (Å²) >= 11 is 0. The molecule has 1 heterocycles. The Balaban J connectivity index is 2.69. The molecule has 70 valence electrons. The van der Waals surface area contributed by atoms with Crippen molar-refractivity contribution < 1.29 is 14.3 Å². The molecule has 0 fully saturated rings. The first-order valence-corrected chi connectivity index (χ1v) is 3.73. The van der Waals surface area contributed by atoms with Gasteiger partial charge in [0.25, 0.3) is 0 Å². The number of methoxy groups -OCH3 is 1. The molecule has 0 aliphatic heterocycles. The van der Waals surface area contributed by atoms with E-state index < -0.39 is 5.97 Å². The molecule has 0 saturated heterocycles. The normalized spacial score (nSPS) is 9.69. The molecule has 0 unspecified atom stereocenters.